The summed E-state index contributed by atoms with van der Waals surface area (Å²) in [5, 5.41) is 0.587. The summed E-state index contributed by atoms with van der Waals surface area (Å²) in [6.45, 7) is 4.92. The highest BCUT2D eigenvalue weighted by Crippen LogP contribution is 2.20. The molecule has 1 aromatic rings. The lowest BCUT2D eigenvalue weighted by Gasteiger charge is -2.24. The zero-order valence-corrected chi connectivity index (χ0v) is 12.2. The Labute approximate surface area is 117 Å². The average molecular weight is 284 g/mol. The zero-order chi connectivity index (χ0) is 14.4. The Morgan fingerprint density at radius 1 is 1.53 bits per heavy atom. The fraction of sp³-hybridized carbons (Fsp3) is 0.545. The van der Waals surface area contributed by atoms with Crippen LogP contribution in [0, 0.1) is 5.92 Å². The molecule has 7 nitrogen and oxygen atoms in total. The topological polar surface area (TPSA) is 110 Å². The van der Waals surface area contributed by atoms with Crippen LogP contribution in [0.2, 0.25) is 0 Å². The maximum Gasteiger partial charge on any atom is 0.236 e. The molecule has 8 heteroatoms. The summed E-state index contributed by atoms with van der Waals surface area (Å²) < 4.78 is 0. The molecule has 0 aliphatic carbocycles. The van der Waals surface area contributed by atoms with Gasteiger partial charge >= 0.3 is 0 Å². The van der Waals surface area contributed by atoms with Crippen LogP contribution in [-0.4, -0.2) is 35.2 Å². The first-order chi connectivity index (χ1) is 8.96. The minimum absolute atomic E-state index is 0.118. The van der Waals surface area contributed by atoms with E-state index >= 15 is 0 Å². The van der Waals surface area contributed by atoms with Gasteiger partial charge in [-0.25, -0.2) is 15.8 Å². The third kappa shape index (κ3) is 4.92. The SMILES string of the molecule is CSc1nc(NN)cc(N(CC(N)=O)CC(C)C)n1. The van der Waals surface area contributed by atoms with Crippen molar-refractivity contribution in [2.75, 3.05) is 29.7 Å². The standard InChI is InChI=1S/C11H20N6OS/c1-7(2)5-17(6-8(12)18)10-4-9(16-13)14-11(15-10)19-3/h4,7H,5-6,13H2,1-3H3,(H2,12,18)(H,14,15,16). The van der Waals surface area contributed by atoms with E-state index in [2.05, 4.69) is 29.2 Å². The van der Waals surface area contributed by atoms with Gasteiger partial charge in [0, 0.05) is 12.6 Å². The summed E-state index contributed by atoms with van der Waals surface area (Å²) in [6, 6.07) is 1.70. The number of nitrogens with two attached hydrogens (primary N) is 2. The molecule has 0 unspecified atom stereocenters. The highest BCUT2D eigenvalue weighted by atomic mass is 32.2. The molecule has 19 heavy (non-hydrogen) atoms. The van der Waals surface area contributed by atoms with Gasteiger partial charge in [0.05, 0.1) is 6.54 Å². The maximum atomic E-state index is 11.2. The van der Waals surface area contributed by atoms with Crippen LogP contribution >= 0.6 is 11.8 Å². The van der Waals surface area contributed by atoms with Crippen molar-refractivity contribution in [3.63, 3.8) is 0 Å². The van der Waals surface area contributed by atoms with Gasteiger partial charge in [0.2, 0.25) is 5.91 Å². The van der Waals surface area contributed by atoms with E-state index in [9.17, 15) is 4.79 Å². The molecule has 1 amide bonds. The first kappa shape index (κ1) is 15.5. The van der Waals surface area contributed by atoms with E-state index in [4.69, 9.17) is 11.6 Å². The normalized spacial score (nSPS) is 10.6. The van der Waals surface area contributed by atoms with Gasteiger partial charge in [-0.3, -0.25) is 4.79 Å². The molecule has 1 heterocycles. The minimum Gasteiger partial charge on any atom is -0.368 e. The van der Waals surface area contributed by atoms with Crippen molar-refractivity contribution in [1.82, 2.24) is 9.97 Å². The molecule has 0 aromatic carbocycles. The molecule has 1 rings (SSSR count). The molecule has 106 valence electrons. The van der Waals surface area contributed by atoms with E-state index < -0.39 is 5.91 Å². The molecule has 0 aliphatic rings. The summed E-state index contributed by atoms with van der Waals surface area (Å²) in [6.07, 6.45) is 1.88. The van der Waals surface area contributed by atoms with Crippen LogP contribution < -0.4 is 21.9 Å². The molecule has 0 fully saturated rings. The van der Waals surface area contributed by atoms with Crippen molar-refractivity contribution in [3.05, 3.63) is 6.07 Å². The lowest BCUT2D eigenvalue weighted by Crippen LogP contribution is -2.37. The Morgan fingerprint density at radius 2 is 2.21 bits per heavy atom. The van der Waals surface area contributed by atoms with Crippen molar-refractivity contribution in [1.29, 1.82) is 0 Å². The van der Waals surface area contributed by atoms with E-state index in [1.807, 2.05) is 11.2 Å². The fourth-order valence-corrected chi connectivity index (χ4v) is 1.98. The molecule has 0 bridgehead atoms. The quantitative estimate of drug-likeness (QED) is 0.288. The highest BCUT2D eigenvalue weighted by Gasteiger charge is 2.15. The molecule has 5 N–H and O–H groups in total. The van der Waals surface area contributed by atoms with Crippen molar-refractivity contribution in [3.8, 4) is 0 Å². The minimum atomic E-state index is -0.396. The van der Waals surface area contributed by atoms with Gasteiger partial charge < -0.3 is 16.1 Å². The molecular formula is C11H20N6OS. The Morgan fingerprint density at radius 3 is 2.68 bits per heavy atom. The summed E-state index contributed by atoms with van der Waals surface area (Å²) in [5.74, 6) is 6.51. The fourth-order valence-electron chi connectivity index (χ4n) is 1.61. The van der Waals surface area contributed by atoms with Gasteiger partial charge in [0.25, 0.3) is 0 Å². The van der Waals surface area contributed by atoms with E-state index in [0.717, 1.165) is 0 Å². The second-order valence-electron chi connectivity index (χ2n) is 4.48. The zero-order valence-electron chi connectivity index (χ0n) is 11.4. The van der Waals surface area contributed by atoms with Crippen LogP contribution in [-0.2, 0) is 4.79 Å². The number of aromatic nitrogens is 2. The van der Waals surface area contributed by atoms with Crippen LogP contribution in [0.25, 0.3) is 0 Å². The van der Waals surface area contributed by atoms with Gasteiger partial charge in [-0.2, -0.15) is 0 Å². The molecule has 0 aliphatic heterocycles. The molecule has 0 spiro atoms. The molecule has 1 aromatic heterocycles. The second-order valence-corrected chi connectivity index (χ2v) is 5.26. The smallest absolute Gasteiger partial charge is 0.236 e. The number of hydrazine groups is 1. The van der Waals surface area contributed by atoms with Gasteiger partial charge in [-0.1, -0.05) is 25.6 Å². The van der Waals surface area contributed by atoms with Gasteiger partial charge in [0.15, 0.2) is 5.16 Å². The van der Waals surface area contributed by atoms with E-state index in [1.165, 1.54) is 11.8 Å². The molecule has 0 atom stereocenters. The lowest BCUT2D eigenvalue weighted by atomic mass is 10.2. The number of nitrogens with one attached hydrogen (secondary N) is 1. The third-order valence-electron chi connectivity index (χ3n) is 2.28. The van der Waals surface area contributed by atoms with Crippen LogP contribution in [0.1, 0.15) is 13.8 Å². The predicted molar refractivity (Wildman–Crippen MR) is 77.9 cm³/mol. The number of thioether (sulfide) groups is 1. The Hall–Kier alpha value is -1.54. The summed E-state index contributed by atoms with van der Waals surface area (Å²) in [5.41, 5.74) is 7.77. The number of carbonyl (C=O) groups excluding carboxylic acids is 1. The second kappa shape index (κ2) is 7.15. The van der Waals surface area contributed by atoms with E-state index in [0.29, 0.717) is 29.3 Å². The number of rotatable bonds is 7. The predicted octanol–water partition coefficient (Wildman–Crippen LogP) is 0.432. The Kier molecular flexibility index (Phi) is 5.84. The van der Waals surface area contributed by atoms with Crippen molar-refractivity contribution in [2.24, 2.45) is 17.5 Å². The summed E-state index contributed by atoms with van der Waals surface area (Å²) >= 11 is 1.41. The van der Waals surface area contributed by atoms with Crippen molar-refractivity contribution >= 4 is 29.3 Å². The van der Waals surface area contributed by atoms with Crippen LogP contribution in [0.15, 0.2) is 11.2 Å². The third-order valence-corrected chi connectivity index (χ3v) is 2.83. The molecule has 0 saturated carbocycles. The Bertz CT molecular complexity index is 417. The van der Waals surface area contributed by atoms with Crippen LogP contribution in [0.3, 0.4) is 0 Å². The number of amides is 1. The van der Waals surface area contributed by atoms with Gasteiger partial charge in [-0.05, 0) is 12.2 Å². The highest BCUT2D eigenvalue weighted by molar-refractivity contribution is 7.98. The largest absolute Gasteiger partial charge is 0.368 e. The first-order valence-corrected chi connectivity index (χ1v) is 7.11. The summed E-state index contributed by atoms with van der Waals surface area (Å²) in [7, 11) is 0. The number of nitrogen functional groups attached to an aromatic ring is 1. The summed E-state index contributed by atoms with van der Waals surface area (Å²) in [4.78, 5) is 21.6. The van der Waals surface area contributed by atoms with E-state index in [1.54, 1.807) is 6.07 Å². The number of primary amides is 1. The molecule has 0 saturated heterocycles. The first-order valence-electron chi connectivity index (χ1n) is 5.89. The van der Waals surface area contributed by atoms with E-state index in [-0.39, 0.29) is 6.54 Å². The van der Waals surface area contributed by atoms with Crippen molar-refractivity contribution < 1.29 is 4.79 Å². The van der Waals surface area contributed by atoms with Gasteiger partial charge in [0.1, 0.15) is 11.6 Å². The number of anilines is 2. The van der Waals surface area contributed by atoms with Crippen molar-refractivity contribution in [2.45, 2.75) is 19.0 Å². The maximum absolute atomic E-state index is 11.2. The molecule has 0 radical (unpaired) electrons. The monoisotopic (exact) mass is 284 g/mol. The number of nitrogens with zero attached hydrogens (tertiary/aromatic N) is 3. The number of carbonyl (C=O) groups is 1. The lowest BCUT2D eigenvalue weighted by molar-refractivity contribution is -0.116. The molecular weight excluding hydrogens is 264 g/mol. The number of hydrogen-bond acceptors (Lipinski definition) is 7. The van der Waals surface area contributed by atoms with Crippen LogP contribution in [0.4, 0.5) is 11.6 Å². The average Bonchev–Trinajstić information content (AvgIpc) is 2.36. The van der Waals surface area contributed by atoms with Gasteiger partial charge in [-0.15, -0.1) is 0 Å². The van der Waals surface area contributed by atoms with Crippen LogP contribution in [0.5, 0.6) is 0 Å². The number of hydrogen-bond donors (Lipinski definition) is 3. The Balaban J connectivity index is 3.08.